The molecule has 0 aliphatic heterocycles. The lowest BCUT2D eigenvalue weighted by Crippen LogP contribution is -2.48. The Morgan fingerprint density at radius 2 is 1.90 bits per heavy atom. The predicted molar refractivity (Wildman–Crippen MR) is 84.7 cm³/mol. The second-order valence-corrected chi connectivity index (χ2v) is 7.18. The molecule has 21 heavy (non-hydrogen) atoms. The van der Waals surface area contributed by atoms with Gasteiger partial charge in [-0.05, 0) is 56.9 Å². The van der Waals surface area contributed by atoms with E-state index in [1.54, 1.807) is 0 Å². The largest absolute Gasteiger partial charge is 0.388 e. The number of hydrogen-bond donors (Lipinski definition) is 3. The highest BCUT2D eigenvalue weighted by Gasteiger charge is 2.35. The van der Waals surface area contributed by atoms with Crippen molar-refractivity contribution < 1.29 is 9.90 Å². The third kappa shape index (κ3) is 4.43. The topological polar surface area (TPSA) is 75.3 Å². The molecule has 0 aromatic carbocycles. The molecule has 0 bridgehead atoms. The first-order valence-corrected chi connectivity index (χ1v) is 8.78. The quantitative estimate of drug-likeness (QED) is 0.728. The normalized spacial score (nSPS) is 37.2. The van der Waals surface area contributed by atoms with Crippen molar-refractivity contribution in [3.8, 4) is 0 Å². The fraction of sp³-hybridized carbons (Fsp3) is 0.941. The van der Waals surface area contributed by atoms with E-state index < -0.39 is 5.60 Å². The molecular weight excluding hydrogens is 264 g/mol. The fourth-order valence-corrected chi connectivity index (χ4v) is 4.02. The highest BCUT2D eigenvalue weighted by molar-refractivity contribution is 5.79. The Hall–Kier alpha value is -0.610. The van der Waals surface area contributed by atoms with Crippen LogP contribution in [0.5, 0.6) is 0 Å². The summed E-state index contributed by atoms with van der Waals surface area (Å²) in [6.07, 6.45) is 9.32. The lowest BCUT2D eigenvalue weighted by Gasteiger charge is -2.37. The molecule has 0 saturated heterocycles. The van der Waals surface area contributed by atoms with Crippen LogP contribution in [0.25, 0.3) is 0 Å². The summed E-state index contributed by atoms with van der Waals surface area (Å²) in [4.78, 5) is 12.4. The Bertz CT molecular complexity index is 338. The lowest BCUT2D eigenvalue weighted by atomic mass is 9.77. The molecule has 4 nitrogen and oxygen atoms in total. The Balaban J connectivity index is 1.80. The number of carbonyl (C=O) groups excluding carboxylic acids is 1. The summed E-state index contributed by atoms with van der Waals surface area (Å²) in [5.74, 6) is 1.24. The molecule has 2 unspecified atom stereocenters. The third-order valence-electron chi connectivity index (χ3n) is 5.75. The maximum absolute atomic E-state index is 12.4. The first-order chi connectivity index (χ1) is 10.1. The molecule has 0 aromatic rings. The SMILES string of the molecule is CCC1CCC(O)(CNC(=O)C2CCCCC2CN)CC1. The summed E-state index contributed by atoms with van der Waals surface area (Å²) in [6.45, 7) is 3.23. The molecular formula is C17H32N2O2. The van der Waals surface area contributed by atoms with Crippen LogP contribution < -0.4 is 11.1 Å². The van der Waals surface area contributed by atoms with Gasteiger partial charge in [-0.15, -0.1) is 0 Å². The first kappa shape index (κ1) is 16.8. The van der Waals surface area contributed by atoms with Crippen molar-refractivity contribution in [2.24, 2.45) is 23.5 Å². The van der Waals surface area contributed by atoms with Crippen LogP contribution in [0.3, 0.4) is 0 Å². The van der Waals surface area contributed by atoms with Gasteiger partial charge in [0.15, 0.2) is 0 Å². The van der Waals surface area contributed by atoms with Crippen molar-refractivity contribution in [1.29, 1.82) is 0 Å². The van der Waals surface area contributed by atoms with Gasteiger partial charge in [0.25, 0.3) is 0 Å². The number of nitrogens with one attached hydrogen (secondary N) is 1. The zero-order chi connectivity index (χ0) is 15.3. The summed E-state index contributed by atoms with van der Waals surface area (Å²) >= 11 is 0. The second kappa shape index (κ2) is 7.59. The zero-order valence-corrected chi connectivity index (χ0v) is 13.4. The van der Waals surface area contributed by atoms with E-state index in [0.717, 1.165) is 50.9 Å². The van der Waals surface area contributed by atoms with E-state index in [-0.39, 0.29) is 11.8 Å². The molecule has 1 amide bonds. The van der Waals surface area contributed by atoms with Gasteiger partial charge in [0.2, 0.25) is 5.91 Å². The minimum Gasteiger partial charge on any atom is -0.388 e. The molecule has 0 spiro atoms. The molecule has 4 heteroatoms. The molecule has 2 rings (SSSR count). The van der Waals surface area contributed by atoms with Gasteiger partial charge in [-0.2, -0.15) is 0 Å². The van der Waals surface area contributed by atoms with E-state index in [0.29, 0.717) is 19.0 Å². The maximum atomic E-state index is 12.4. The number of amides is 1. The number of nitrogens with two attached hydrogens (primary N) is 1. The van der Waals surface area contributed by atoms with Gasteiger partial charge in [-0.25, -0.2) is 0 Å². The van der Waals surface area contributed by atoms with Crippen molar-refractivity contribution in [1.82, 2.24) is 5.32 Å². The van der Waals surface area contributed by atoms with Crippen LogP contribution in [0.15, 0.2) is 0 Å². The number of hydrogen-bond acceptors (Lipinski definition) is 3. The van der Waals surface area contributed by atoms with Crippen LogP contribution in [-0.2, 0) is 4.79 Å². The van der Waals surface area contributed by atoms with E-state index >= 15 is 0 Å². The van der Waals surface area contributed by atoms with Crippen molar-refractivity contribution in [2.45, 2.75) is 70.3 Å². The summed E-state index contributed by atoms with van der Waals surface area (Å²) < 4.78 is 0. The van der Waals surface area contributed by atoms with Crippen molar-refractivity contribution >= 4 is 5.91 Å². The molecule has 0 radical (unpaired) electrons. The molecule has 4 N–H and O–H groups in total. The number of carbonyl (C=O) groups is 1. The molecule has 0 aromatic heterocycles. The summed E-state index contributed by atoms with van der Waals surface area (Å²) in [5, 5.41) is 13.6. The Morgan fingerprint density at radius 1 is 1.24 bits per heavy atom. The minimum atomic E-state index is -0.686. The average molecular weight is 296 g/mol. The van der Waals surface area contributed by atoms with Gasteiger partial charge in [0.1, 0.15) is 0 Å². The van der Waals surface area contributed by atoms with E-state index in [2.05, 4.69) is 12.2 Å². The standard InChI is InChI=1S/C17H32N2O2/c1-2-13-7-9-17(21,10-8-13)12-19-16(20)15-6-4-3-5-14(15)11-18/h13-15,21H,2-12,18H2,1H3,(H,19,20). The van der Waals surface area contributed by atoms with Crippen LogP contribution in [0.4, 0.5) is 0 Å². The molecule has 2 aliphatic rings. The summed E-state index contributed by atoms with van der Waals surface area (Å²) in [5.41, 5.74) is 5.11. The summed E-state index contributed by atoms with van der Waals surface area (Å²) in [7, 11) is 0. The van der Waals surface area contributed by atoms with Crippen LogP contribution >= 0.6 is 0 Å². The highest BCUT2D eigenvalue weighted by atomic mass is 16.3. The van der Waals surface area contributed by atoms with Crippen molar-refractivity contribution in [3.05, 3.63) is 0 Å². The number of rotatable bonds is 5. The molecule has 2 atom stereocenters. The number of aliphatic hydroxyl groups is 1. The van der Waals surface area contributed by atoms with Gasteiger partial charge < -0.3 is 16.2 Å². The molecule has 2 fully saturated rings. The van der Waals surface area contributed by atoms with E-state index in [4.69, 9.17) is 5.73 Å². The van der Waals surface area contributed by atoms with Gasteiger partial charge >= 0.3 is 0 Å². The van der Waals surface area contributed by atoms with Crippen LogP contribution in [0, 0.1) is 17.8 Å². The monoisotopic (exact) mass is 296 g/mol. The predicted octanol–water partition coefficient (Wildman–Crippen LogP) is 2.20. The fourth-order valence-electron chi connectivity index (χ4n) is 4.02. The van der Waals surface area contributed by atoms with Crippen LogP contribution in [0.2, 0.25) is 0 Å². The summed E-state index contributed by atoms with van der Waals surface area (Å²) in [6, 6.07) is 0. The maximum Gasteiger partial charge on any atom is 0.223 e. The van der Waals surface area contributed by atoms with Gasteiger partial charge in [0, 0.05) is 12.5 Å². The molecule has 2 aliphatic carbocycles. The third-order valence-corrected chi connectivity index (χ3v) is 5.75. The Morgan fingerprint density at radius 3 is 2.52 bits per heavy atom. The van der Waals surface area contributed by atoms with Gasteiger partial charge in [-0.1, -0.05) is 26.2 Å². The Labute approximate surface area is 128 Å². The second-order valence-electron chi connectivity index (χ2n) is 7.18. The minimum absolute atomic E-state index is 0.0549. The van der Waals surface area contributed by atoms with Gasteiger partial charge in [0.05, 0.1) is 5.60 Å². The van der Waals surface area contributed by atoms with Crippen LogP contribution in [-0.4, -0.2) is 29.7 Å². The van der Waals surface area contributed by atoms with Crippen molar-refractivity contribution in [2.75, 3.05) is 13.1 Å². The molecule has 2 saturated carbocycles. The van der Waals surface area contributed by atoms with E-state index in [1.165, 1.54) is 12.8 Å². The average Bonchev–Trinajstić information content (AvgIpc) is 2.53. The molecule has 122 valence electrons. The van der Waals surface area contributed by atoms with Crippen molar-refractivity contribution in [3.63, 3.8) is 0 Å². The van der Waals surface area contributed by atoms with Crippen LogP contribution in [0.1, 0.15) is 64.7 Å². The zero-order valence-electron chi connectivity index (χ0n) is 13.4. The smallest absolute Gasteiger partial charge is 0.223 e. The first-order valence-electron chi connectivity index (χ1n) is 8.78. The Kier molecular flexibility index (Phi) is 6.06. The van der Waals surface area contributed by atoms with Gasteiger partial charge in [-0.3, -0.25) is 4.79 Å². The molecule has 0 heterocycles. The highest BCUT2D eigenvalue weighted by Crippen LogP contribution is 2.34. The van der Waals surface area contributed by atoms with E-state index in [9.17, 15) is 9.90 Å². The lowest BCUT2D eigenvalue weighted by molar-refractivity contribution is -0.129. The van der Waals surface area contributed by atoms with E-state index in [1.807, 2.05) is 0 Å².